The van der Waals surface area contributed by atoms with Crippen LogP contribution in [0.15, 0.2) is 16.9 Å². The maximum atomic E-state index is 12.0. The van der Waals surface area contributed by atoms with E-state index < -0.39 is 0 Å². The number of pyridine rings is 1. The number of halogens is 1. The number of aromatic nitrogens is 1. The highest BCUT2D eigenvalue weighted by molar-refractivity contribution is 6.36. The first-order valence-corrected chi connectivity index (χ1v) is 6.47. The summed E-state index contributed by atoms with van der Waals surface area (Å²) < 4.78 is 0. The molecule has 0 amide bonds. The van der Waals surface area contributed by atoms with Gasteiger partial charge in [-0.05, 0) is 31.4 Å². The van der Waals surface area contributed by atoms with E-state index in [1.807, 2.05) is 19.9 Å². The summed E-state index contributed by atoms with van der Waals surface area (Å²) in [5.74, 6) is 0.0240. The summed E-state index contributed by atoms with van der Waals surface area (Å²) in [7, 11) is 0. The van der Waals surface area contributed by atoms with E-state index in [1.54, 1.807) is 6.07 Å². The van der Waals surface area contributed by atoms with Gasteiger partial charge in [-0.1, -0.05) is 31.0 Å². The maximum Gasteiger partial charge on any atom is 0.255 e. The van der Waals surface area contributed by atoms with Gasteiger partial charge >= 0.3 is 0 Å². The molecule has 1 aromatic heterocycles. The van der Waals surface area contributed by atoms with E-state index in [4.69, 9.17) is 11.6 Å². The molecule has 0 fully saturated rings. The number of unbranched alkanes of at least 4 members (excludes halogenated alkanes) is 1. The van der Waals surface area contributed by atoms with Crippen LogP contribution in [-0.4, -0.2) is 10.1 Å². The molecule has 1 heterocycles. The fourth-order valence-corrected chi connectivity index (χ4v) is 2.35. The van der Waals surface area contributed by atoms with Crippen LogP contribution < -0.4 is 5.56 Å². The topological polar surface area (TPSA) is 53.1 Å². The van der Waals surface area contributed by atoms with Crippen molar-refractivity contribution in [2.24, 2.45) is 0 Å². The van der Waals surface area contributed by atoms with Crippen molar-refractivity contribution >= 4 is 22.5 Å². The van der Waals surface area contributed by atoms with Gasteiger partial charge in [0.2, 0.25) is 0 Å². The van der Waals surface area contributed by atoms with Crippen LogP contribution in [0.2, 0.25) is 5.02 Å². The van der Waals surface area contributed by atoms with Gasteiger partial charge in [-0.3, -0.25) is 4.79 Å². The molecule has 0 saturated carbocycles. The molecule has 0 aliphatic heterocycles. The Hall–Kier alpha value is -1.48. The number of fused-ring (bicyclic) bond motifs is 1. The number of aryl methyl sites for hydroxylation is 1. The van der Waals surface area contributed by atoms with E-state index in [9.17, 15) is 9.90 Å². The zero-order chi connectivity index (χ0) is 13.3. The normalized spacial score (nSPS) is 11.1. The SMILES string of the molecule is CCCCc1c(O)c2c(Cl)ccc(C)c2[nH]c1=O. The minimum atomic E-state index is -0.223. The molecule has 0 radical (unpaired) electrons. The van der Waals surface area contributed by atoms with Crippen LogP contribution in [0.3, 0.4) is 0 Å². The molecule has 18 heavy (non-hydrogen) atoms. The van der Waals surface area contributed by atoms with Gasteiger partial charge in [0.15, 0.2) is 0 Å². The van der Waals surface area contributed by atoms with Crippen molar-refractivity contribution in [3.8, 4) is 5.75 Å². The van der Waals surface area contributed by atoms with E-state index >= 15 is 0 Å². The lowest BCUT2D eigenvalue weighted by atomic mass is 10.0. The maximum absolute atomic E-state index is 12.0. The van der Waals surface area contributed by atoms with Crippen LogP contribution in [0.25, 0.3) is 10.9 Å². The number of nitrogens with one attached hydrogen (secondary N) is 1. The molecule has 2 rings (SSSR count). The molecule has 2 N–H and O–H groups in total. The van der Waals surface area contributed by atoms with E-state index in [0.717, 1.165) is 18.4 Å². The molecular weight excluding hydrogens is 250 g/mol. The third-order valence-corrected chi connectivity index (χ3v) is 3.49. The Bertz CT molecular complexity index is 646. The Morgan fingerprint density at radius 3 is 2.78 bits per heavy atom. The Labute approximate surface area is 110 Å². The molecule has 0 saturated heterocycles. The van der Waals surface area contributed by atoms with E-state index in [1.165, 1.54) is 0 Å². The summed E-state index contributed by atoms with van der Waals surface area (Å²) >= 11 is 6.11. The third-order valence-electron chi connectivity index (χ3n) is 3.18. The van der Waals surface area contributed by atoms with Gasteiger partial charge in [-0.2, -0.15) is 0 Å². The highest BCUT2D eigenvalue weighted by atomic mass is 35.5. The van der Waals surface area contributed by atoms with Crippen molar-refractivity contribution in [1.29, 1.82) is 0 Å². The van der Waals surface area contributed by atoms with Crippen LogP contribution in [0.1, 0.15) is 30.9 Å². The average molecular weight is 266 g/mol. The predicted octanol–water partition coefficient (Wildman–Crippen LogP) is 3.54. The predicted molar refractivity (Wildman–Crippen MR) is 74.6 cm³/mol. The minimum absolute atomic E-state index is 0.0240. The highest BCUT2D eigenvalue weighted by Crippen LogP contribution is 2.33. The summed E-state index contributed by atoms with van der Waals surface area (Å²) in [5, 5.41) is 11.3. The largest absolute Gasteiger partial charge is 0.507 e. The molecule has 2 aromatic rings. The number of aromatic amines is 1. The number of rotatable bonds is 3. The van der Waals surface area contributed by atoms with E-state index in [2.05, 4.69) is 4.98 Å². The summed E-state index contributed by atoms with van der Waals surface area (Å²) in [6.07, 6.45) is 2.40. The standard InChI is InChI=1S/C14H16ClNO2/c1-3-4-5-9-13(17)11-10(15)7-6-8(2)12(11)16-14(9)18/h6-7H,3-5H2,1-2H3,(H2,16,17,18). The van der Waals surface area contributed by atoms with Crippen molar-refractivity contribution in [2.45, 2.75) is 33.1 Å². The van der Waals surface area contributed by atoms with Gasteiger partial charge in [0.05, 0.1) is 21.5 Å². The quantitative estimate of drug-likeness (QED) is 0.892. The zero-order valence-electron chi connectivity index (χ0n) is 10.5. The van der Waals surface area contributed by atoms with Crippen molar-refractivity contribution in [3.05, 3.63) is 38.6 Å². The number of hydrogen-bond acceptors (Lipinski definition) is 2. The number of H-pyrrole nitrogens is 1. The van der Waals surface area contributed by atoms with Gasteiger partial charge in [-0.25, -0.2) is 0 Å². The smallest absolute Gasteiger partial charge is 0.255 e. The molecule has 0 atom stereocenters. The minimum Gasteiger partial charge on any atom is -0.507 e. The van der Waals surface area contributed by atoms with E-state index in [-0.39, 0.29) is 11.3 Å². The fourth-order valence-electron chi connectivity index (χ4n) is 2.11. The Kier molecular flexibility index (Phi) is 3.62. The third kappa shape index (κ3) is 2.10. The molecule has 0 spiro atoms. The van der Waals surface area contributed by atoms with Crippen molar-refractivity contribution in [1.82, 2.24) is 4.98 Å². The number of benzene rings is 1. The summed E-state index contributed by atoms with van der Waals surface area (Å²) in [6.45, 7) is 3.92. The van der Waals surface area contributed by atoms with Gasteiger partial charge in [0.25, 0.3) is 5.56 Å². The molecule has 3 nitrogen and oxygen atoms in total. The van der Waals surface area contributed by atoms with Gasteiger partial charge in [0, 0.05) is 0 Å². The monoisotopic (exact) mass is 265 g/mol. The van der Waals surface area contributed by atoms with Crippen LogP contribution in [-0.2, 0) is 6.42 Å². The lowest BCUT2D eigenvalue weighted by molar-refractivity contribution is 0.471. The summed E-state index contributed by atoms with van der Waals surface area (Å²) in [5.41, 5.74) is 1.71. The van der Waals surface area contributed by atoms with Gasteiger partial charge in [0.1, 0.15) is 5.75 Å². The lowest BCUT2D eigenvalue weighted by Crippen LogP contribution is -2.13. The second kappa shape index (κ2) is 5.02. The Morgan fingerprint density at radius 2 is 2.11 bits per heavy atom. The first-order valence-electron chi connectivity index (χ1n) is 6.09. The molecule has 4 heteroatoms. The van der Waals surface area contributed by atoms with Crippen LogP contribution in [0, 0.1) is 6.92 Å². The first-order chi connectivity index (χ1) is 8.56. The molecule has 0 aliphatic rings. The van der Waals surface area contributed by atoms with Crippen molar-refractivity contribution in [2.75, 3.05) is 0 Å². The number of hydrogen-bond donors (Lipinski definition) is 2. The lowest BCUT2D eigenvalue weighted by Gasteiger charge is -2.10. The van der Waals surface area contributed by atoms with Crippen molar-refractivity contribution < 1.29 is 5.11 Å². The van der Waals surface area contributed by atoms with Crippen LogP contribution in [0.5, 0.6) is 5.75 Å². The fraction of sp³-hybridized carbons (Fsp3) is 0.357. The average Bonchev–Trinajstić information content (AvgIpc) is 2.33. The molecule has 0 bridgehead atoms. The summed E-state index contributed by atoms with van der Waals surface area (Å²) in [4.78, 5) is 14.8. The Balaban J connectivity index is 2.76. The van der Waals surface area contributed by atoms with Crippen LogP contribution >= 0.6 is 11.6 Å². The molecule has 96 valence electrons. The molecular formula is C14H16ClNO2. The highest BCUT2D eigenvalue weighted by Gasteiger charge is 2.14. The van der Waals surface area contributed by atoms with Gasteiger partial charge in [-0.15, -0.1) is 0 Å². The van der Waals surface area contributed by atoms with Crippen LogP contribution in [0.4, 0.5) is 0 Å². The Morgan fingerprint density at radius 1 is 1.39 bits per heavy atom. The molecule has 0 aliphatic carbocycles. The van der Waals surface area contributed by atoms with Gasteiger partial charge < -0.3 is 10.1 Å². The number of aromatic hydroxyl groups is 1. The molecule has 1 aromatic carbocycles. The van der Waals surface area contributed by atoms with E-state index in [0.29, 0.717) is 27.9 Å². The zero-order valence-corrected chi connectivity index (χ0v) is 11.3. The first kappa shape index (κ1) is 13.0. The summed E-state index contributed by atoms with van der Waals surface area (Å²) in [6, 6.07) is 3.56. The molecule has 0 unspecified atom stereocenters. The van der Waals surface area contributed by atoms with Crippen molar-refractivity contribution in [3.63, 3.8) is 0 Å². The second-order valence-electron chi connectivity index (χ2n) is 4.50. The second-order valence-corrected chi connectivity index (χ2v) is 4.91.